The number of amides is 1. The number of rotatable bonds is 4. The summed E-state index contributed by atoms with van der Waals surface area (Å²) in [6, 6.07) is 7.87. The van der Waals surface area contributed by atoms with E-state index < -0.39 is 0 Å². The maximum atomic E-state index is 12.4. The highest BCUT2D eigenvalue weighted by molar-refractivity contribution is 9.10. The quantitative estimate of drug-likeness (QED) is 0.727. The summed E-state index contributed by atoms with van der Waals surface area (Å²) < 4.78 is 8.07. The molecule has 1 aromatic carbocycles. The van der Waals surface area contributed by atoms with Gasteiger partial charge in [-0.25, -0.2) is 4.68 Å². The summed E-state index contributed by atoms with van der Waals surface area (Å²) in [4.78, 5) is 12.4. The molecule has 0 saturated carbocycles. The smallest absolute Gasteiger partial charge is 0.290 e. The standard InChI is InChI=1S/C18H17BrN4O2/c19-13-5-7-14(8-6-13)23-11-12(10-21-23)9-20-18(24)17-15-3-1-2-4-16(15)22-25-17/h5-8,10-11H,1-4,9H2,(H,20,24). The van der Waals surface area contributed by atoms with E-state index >= 15 is 0 Å². The number of aromatic nitrogens is 3. The predicted molar refractivity (Wildman–Crippen MR) is 95.6 cm³/mol. The normalized spacial score (nSPS) is 13.5. The van der Waals surface area contributed by atoms with Crippen LogP contribution in [0, 0.1) is 0 Å². The lowest BCUT2D eigenvalue weighted by Gasteiger charge is -2.09. The van der Waals surface area contributed by atoms with E-state index in [1.165, 1.54) is 0 Å². The molecule has 1 amide bonds. The zero-order valence-electron chi connectivity index (χ0n) is 13.5. The minimum Gasteiger partial charge on any atom is -0.350 e. The van der Waals surface area contributed by atoms with Gasteiger partial charge in [0.1, 0.15) is 0 Å². The van der Waals surface area contributed by atoms with Crippen LogP contribution >= 0.6 is 15.9 Å². The molecule has 0 spiro atoms. The Labute approximate surface area is 153 Å². The summed E-state index contributed by atoms with van der Waals surface area (Å²) in [6.45, 7) is 0.394. The number of halogens is 1. The second kappa shape index (κ2) is 6.84. The van der Waals surface area contributed by atoms with Gasteiger partial charge in [0.25, 0.3) is 5.91 Å². The molecule has 6 nitrogen and oxygen atoms in total. The van der Waals surface area contributed by atoms with Gasteiger partial charge in [0.05, 0.1) is 17.6 Å². The summed E-state index contributed by atoms with van der Waals surface area (Å²) in [5, 5.41) is 11.3. The number of aryl methyl sites for hydroxylation is 1. The molecule has 7 heteroatoms. The maximum absolute atomic E-state index is 12.4. The van der Waals surface area contributed by atoms with E-state index in [-0.39, 0.29) is 5.91 Å². The van der Waals surface area contributed by atoms with Gasteiger partial charge in [-0.1, -0.05) is 21.1 Å². The number of nitrogens with zero attached hydrogens (tertiary/aromatic N) is 3. The van der Waals surface area contributed by atoms with E-state index in [9.17, 15) is 4.79 Å². The van der Waals surface area contributed by atoms with Crippen LogP contribution in [-0.4, -0.2) is 20.8 Å². The second-order valence-electron chi connectivity index (χ2n) is 6.10. The lowest BCUT2D eigenvalue weighted by molar-refractivity contribution is 0.0912. The fourth-order valence-electron chi connectivity index (χ4n) is 3.02. The molecule has 0 aliphatic heterocycles. The van der Waals surface area contributed by atoms with Crippen molar-refractivity contribution in [3.8, 4) is 5.69 Å². The van der Waals surface area contributed by atoms with Crippen LogP contribution in [-0.2, 0) is 19.4 Å². The van der Waals surface area contributed by atoms with Crippen LogP contribution < -0.4 is 5.32 Å². The molecule has 25 heavy (non-hydrogen) atoms. The van der Waals surface area contributed by atoms with Gasteiger partial charge in [-0.2, -0.15) is 5.10 Å². The average molecular weight is 401 g/mol. The predicted octanol–water partition coefficient (Wildman–Crippen LogP) is 3.43. The molecule has 3 aromatic rings. The Kier molecular flexibility index (Phi) is 4.40. The van der Waals surface area contributed by atoms with Crippen LogP contribution in [0.2, 0.25) is 0 Å². The van der Waals surface area contributed by atoms with Gasteiger partial charge in [-0.3, -0.25) is 4.79 Å². The largest absolute Gasteiger partial charge is 0.350 e. The van der Waals surface area contributed by atoms with Crippen molar-refractivity contribution in [2.45, 2.75) is 32.2 Å². The number of hydrogen-bond donors (Lipinski definition) is 1. The summed E-state index contributed by atoms with van der Waals surface area (Å²) in [5.41, 5.74) is 3.78. The van der Waals surface area contributed by atoms with Crippen LogP contribution in [0.5, 0.6) is 0 Å². The molecule has 0 saturated heterocycles. The SMILES string of the molecule is O=C(NCc1cnn(-c2ccc(Br)cc2)c1)c1onc2c1CCCC2. The van der Waals surface area contributed by atoms with Gasteiger partial charge in [0.2, 0.25) is 5.76 Å². The molecule has 4 rings (SSSR count). The minimum atomic E-state index is -0.216. The van der Waals surface area contributed by atoms with Crippen LogP contribution in [0.1, 0.15) is 40.2 Å². The highest BCUT2D eigenvalue weighted by atomic mass is 79.9. The molecular weight excluding hydrogens is 384 g/mol. The highest BCUT2D eigenvalue weighted by Gasteiger charge is 2.23. The van der Waals surface area contributed by atoms with E-state index in [0.717, 1.165) is 52.7 Å². The van der Waals surface area contributed by atoms with E-state index in [1.807, 2.05) is 30.5 Å². The molecule has 128 valence electrons. The summed E-state index contributed by atoms with van der Waals surface area (Å²) >= 11 is 3.42. The number of carbonyl (C=O) groups is 1. The number of benzene rings is 1. The van der Waals surface area contributed by atoms with E-state index in [4.69, 9.17) is 4.52 Å². The fraction of sp³-hybridized carbons (Fsp3) is 0.278. The van der Waals surface area contributed by atoms with E-state index in [0.29, 0.717) is 12.3 Å². The van der Waals surface area contributed by atoms with Crippen molar-refractivity contribution in [3.63, 3.8) is 0 Å². The van der Waals surface area contributed by atoms with Crippen molar-refractivity contribution < 1.29 is 9.32 Å². The zero-order chi connectivity index (χ0) is 17.2. The first-order valence-corrected chi connectivity index (χ1v) is 9.05. The first-order valence-electron chi connectivity index (χ1n) is 8.26. The first kappa shape index (κ1) is 16.1. The van der Waals surface area contributed by atoms with Crippen molar-refractivity contribution >= 4 is 21.8 Å². The Morgan fingerprint density at radius 3 is 2.88 bits per heavy atom. The Hall–Kier alpha value is -2.41. The summed E-state index contributed by atoms with van der Waals surface area (Å²) in [7, 11) is 0. The lowest BCUT2D eigenvalue weighted by Crippen LogP contribution is -2.23. The van der Waals surface area contributed by atoms with Gasteiger partial charge >= 0.3 is 0 Å². The van der Waals surface area contributed by atoms with E-state index in [1.54, 1.807) is 10.9 Å². The molecule has 1 N–H and O–H groups in total. The number of nitrogens with one attached hydrogen (secondary N) is 1. The van der Waals surface area contributed by atoms with Crippen molar-refractivity contribution in [3.05, 3.63) is 63.7 Å². The van der Waals surface area contributed by atoms with Gasteiger partial charge in [0, 0.05) is 28.3 Å². The molecule has 2 heterocycles. The zero-order valence-corrected chi connectivity index (χ0v) is 15.1. The average Bonchev–Trinajstić information content (AvgIpc) is 3.27. The third-order valence-corrected chi connectivity index (χ3v) is 4.88. The first-order chi connectivity index (χ1) is 12.2. The Morgan fingerprint density at radius 2 is 2.04 bits per heavy atom. The van der Waals surface area contributed by atoms with Gasteiger partial charge in [-0.15, -0.1) is 0 Å². The van der Waals surface area contributed by atoms with Crippen LogP contribution in [0.3, 0.4) is 0 Å². The Balaban J connectivity index is 1.42. The minimum absolute atomic E-state index is 0.216. The van der Waals surface area contributed by atoms with Crippen LogP contribution in [0.25, 0.3) is 5.69 Å². The number of fused-ring (bicyclic) bond motifs is 1. The van der Waals surface area contributed by atoms with Crippen molar-refractivity contribution in [1.29, 1.82) is 0 Å². The molecule has 1 aliphatic rings. The van der Waals surface area contributed by atoms with Crippen molar-refractivity contribution in [2.24, 2.45) is 0 Å². The Bertz CT molecular complexity index is 898. The van der Waals surface area contributed by atoms with Crippen molar-refractivity contribution in [2.75, 3.05) is 0 Å². The van der Waals surface area contributed by atoms with Gasteiger partial charge in [-0.05, 0) is 49.9 Å². The molecule has 0 unspecified atom stereocenters. The fourth-order valence-corrected chi connectivity index (χ4v) is 3.28. The lowest BCUT2D eigenvalue weighted by atomic mass is 9.96. The maximum Gasteiger partial charge on any atom is 0.290 e. The summed E-state index contributed by atoms with van der Waals surface area (Å²) in [5.74, 6) is 0.141. The Morgan fingerprint density at radius 1 is 1.24 bits per heavy atom. The van der Waals surface area contributed by atoms with Gasteiger partial charge < -0.3 is 9.84 Å². The van der Waals surface area contributed by atoms with Gasteiger partial charge in [0.15, 0.2) is 0 Å². The number of carbonyl (C=O) groups excluding carboxylic acids is 1. The molecular formula is C18H17BrN4O2. The third-order valence-electron chi connectivity index (χ3n) is 4.35. The molecule has 0 atom stereocenters. The molecule has 1 aliphatic carbocycles. The topological polar surface area (TPSA) is 73.0 Å². The van der Waals surface area contributed by atoms with Crippen LogP contribution in [0.15, 0.2) is 45.7 Å². The second-order valence-corrected chi connectivity index (χ2v) is 7.01. The monoisotopic (exact) mass is 400 g/mol. The highest BCUT2D eigenvalue weighted by Crippen LogP contribution is 2.23. The molecule has 0 fully saturated rings. The molecule has 0 radical (unpaired) electrons. The third kappa shape index (κ3) is 3.37. The van der Waals surface area contributed by atoms with Crippen molar-refractivity contribution in [1.82, 2.24) is 20.3 Å². The molecule has 0 bridgehead atoms. The summed E-state index contributed by atoms with van der Waals surface area (Å²) in [6.07, 6.45) is 7.59. The molecule has 2 aromatic heterocycles. The number of hydrogen-bond acceptors (Lipinski definition) is 4. The van der Waals surface area contributed by atoms with E-state index in [2.05, 4.69) is 31.5 Å². The van der Waals surface area contributed by atoms with Crippen LogP contribution in [0.4, 0.5) is 0 Å².